The first-order valence-corrected chi connectivity index (χ1v) is 9.04. The van der Waals surface area contributed by atoms with Crippen LogP contribution in [0.3, 0.4) is 0 Å². The van der Waals surface area contributed by atoms with E-state index in [1.54, 1.807) is 16.9 Å². The fraction of sp³-hybridized carbons (Fsp3) is 0.105. The fourth-order valence-corrected chi connectivity index (χ4v) is 3.22. The summed E-state index contributed by atoms with van der Waals surface area (Å²) in [7, 11) is 0. The van der Waals surface area contributed by atoms with Crippen LogP contribution in [0.1, 0.15) is 10.9 Å². The SMILES string of the molecule is Oc1ccc(Cl)c(Nc2ncnc3c2cnn3CC(Cl)c2ccccc2)c1. The summed E-state index contributed by atoms with van der Waals surface area (Å²) in [5, 5.41) is 18.2. The van der Waals surface area contributed by atoms with Gasteiger partial charge < -0.3 is 10.4 Å². The lowest BCUT2D eigenvalue weighted by atomic mass is 10.1. The van der Waals surface area contributed by atoms with Gasteiger partial charge in [-0.3, -0.25) is 0 Å². The first-order chi connectivity index (χ1) is 13.1. The molecule has 0 saturated carbocycles. The minimum atomic E-state index is -0.235. The molecule has 0 aliphatic carbocycles. The van der Waals surface area contributed by atoms with E-state index in [0.29, 0.717) is 28.7 Å². The van der Waals surface area contributed by atoms with Gasteiger partial charge in [0.05, 0.1) is 34.2 Å². The van der Waals surface area contributed by atoms with Crippen LogP contribution >= 0.6 is 23.2 Å². The van der Waals surface area contributed by atoms with Crippen molar-refractivity contribution in [2.45, 2.75) is 11.9 Å². The zero-order chi connectivity index (χ0) is 18.8. The van der Waals surface area contributed by atoms with Crippen LogP contribution in [0, 0.1) is 0 Å². The van der Waals surface area contributed by atoms with Gasteiger partial charge in [0.15, 0.2) is 5.65 Å². The maximum absolute atomic E-state index is 9.68. The van der Waals surface area contributed by atoms with Gasteiger partial charge in [-0.25, -0.2) is 14.6 Å². The highest BCUT2D eigenvalue weighted by Crippen LogP contribution is 2.31. The number of phenolic OH excluding ortho intramolecular Hbond substituents is 1. The summed E-state index contributed by atoms with van der Waals surface area (Å²) < 4.78 is 1.75. The predicted molar refractivity (Wildman–Crippen MR) is 107 cm³/mol. The molecule has 1 unspecified atom stereocenters. The molecule has 0 aliphatic rings. The van der Waals surface area contributed by atoms with Gasteiger partial charge in [0, 0.05) is 6.07 Å². The van der Waals surface area contributed by atoms with Crippen molar-refractivity contribution in [2.75, 3.05) is 5.32 Å². The number of nitrogens with one attached hydrogen (secondary N) is 1. The average molecular weight is 400 g/mol. The van der Waals surface area contributed by atoms with Crippen LogP contribution in [0.25, 0.3) is 11.0 Å². The molecule has 1 atom stereocenters. The number of anilines is 2. The Morgan fingerprint density at radius 3 is 2.74 bits per heavy atom. The second-order valence-corrected chi connectivity index (χ2v) is 6.89. The van der Waals surface area contributed by atoms with Crippen molar-refractivity contribution in [1.29, 1.82) is 0 Å². The Bertz CT molecular complexity index is 1080. The molecule has 4 aromatic rings. The predicted octanol–water partition coefficient (Wildman–Crippen LogP) is 4.91. The second kappa shape index (κ2) is 7.42. The summed E-state index contributed by atoms with van der Waals surface area (Å²) in [6.07, 6.45) is 3.13. The van der Waals surface area contributed by atoms with Crippen molar-refractivity contribution in [1.82, 2.24) is 19.7 Å². The smallest absolute Gasteiger partial charge is 0.163 e. The molecule has 6 nitrogen and oxygen atoms in total. The van der Waals surface area contributed by atoms with Gasteiger partial charge in [0.2, 0.25) is 0 Å². The van der Waals surface area contributed by atoms with E-state index >= 15 is 0 Å². The van der Waals surface area contributed by atoms with E-state index in [1.807, 2.05) is 30.3 Å². The molecule has 2 aromatic carbocycles. The number of hydrogen-bond acceptors (Lipinski definition) is 5. The number of aromatic nitrogens is 4. The number of halogens is 2. The molecule has 0 aliphatic heterocycles. The quantitative estimate of drug-likeness (QED) is 0.466. The number of nitrogens with zero attached hydrogens (tertiary/aromatic N) is 4. The Morgan fingerprint density at radius 1 is 1.11 bits per heavy atom. The van der Waals surface area contributed by atoms with Gasteiger partial charge in [0.1, 0.15) is 17.9 Å². The molecule has 0 fully saturated rings. The summed E-state index contributed by atoms with van der Waals surface area (Å²) in [6, 6.07) is 14.5. The molecule has 8 heteroatoms. The number of aromatic hydroxyl groups is 1. The third kappa shape index (κ3) is 3.67. The number of fused-ring (bicyclic) bond motifs is 1. The molecule has 2 aromatic heterocycles. The van der Waals surface area contributed by atoms with Crippen LogP contribution in [-0.4, -0.2) is 24.9 Å². The second-order valence-electron chi connectivity index (χ2n) is 5.95. The fourth-order valence-electron chi connectivity index (χ4n) is 2.78. The molecule has 0 spiro atoms. The van der Waals surface area contributed by atoms with Crippen molar-refractivity contribution in [3.05, 3.63) is 71.6 Å². The lowest BCUT2D eigenvalue weighted by Gasteiger charge is -2.11. The minimum absolute atomic E-state index is 0.107. The highest BCUT2D eigenvalue weighted by Gasteiger charge is 2.15. The number of phenols is 1. The van der Waals surface area contributed by atoms with E-state index in [0.717, 1.165) is 10.9 Å². The summed E-state index contributed by atoms with van der Waals surface area (Å²) >= 11 is 12.7. The van der Waals surface area contributed by atoms with Gasteiger partial charge in [0.25, 0.3) is 0 Å². The Morgan fingerprint density at radius 2 is 1.93 bits per heavy atom. The number of benzene rings is 2. The molecule has 0 bridgehead atoms. The molecule has 0 saturated heterocycles. The van der Waals surface area contributed by atoms with E-state index in [9.17, 15) is 5.11 Å². The van der Waals surface area contributed by atoms with Crippen molar-refractivity contribution in [3.63, 3.8) is 0 Å². The Kier molecular flexibility index (Phi) is 4.83. The van der Waals surface area contributed by atoms with E-state index in [-0.39, 0.29) is 11.1 Å². The van der Waals surface area contributed by atoms with Gasteiger partial charge in [-0.2, -0.15) is 5.10 Å². The molecule has 4 rings (SSSR count). The Balaban J connectivity index is 1.64. The molecule has 2 N–H and O–H groups in total. The summed E-state index contributed by atoms with van der Waals surface area (Å²) in [5.41, 5.74) is 2.22. The summed E-state index contributed by atoms with van der Waals surface area (Å²) in [5.74, 6) is 0.653. The van der Waals surface area contributed by atoms with Crippen molar-refractivity contribution < 1.29 is 5.11 Å². The summed E-state index contributed by atoms with van der Waals surface area (Å²) in [6.45, 7) is 0.471. The Hall–Kier alpha value is -2.83. The first kappa shape index (κ1) is 17.6. The Labute approximate surface area is 165 Å². The minimum Gasteiger partial charge on any atom is -0.508 e. The van der Waals surface area contributed by atoms with E-state index in [4.69, 9.17) is 23.2 Å². The number of hydrogen-bond donors (Lipinski definition) is 2. The van der Waals surface area contributed by atoms with Gasteiger partial charge in [-0.15, -0.1) is 11.6 Å². The molecular weight excluding hydrogens is 385 g/mol. The van der Waals surface area contributed by atoms with Gasteiger partial charge in [-0.05, 0) is 17.7 Å². The van der Waals surface area contributed by atoms with Crippen LogP contribution < -0.4 is 5.32 Å². The monoisotopic (exact) mass is 399 g/mol. The van der Waals surface area contributed by atoms with Crippen LogP contribution in [0.5, 0.6) is 5.75 Å². The average Bonchev–Trinajstić information content (AvgIpc) is 3.09. The van der Waals surface area contributed by atoms with Crippen LogP contribution in [0.15, 0.2) is 61.1 Å². The highest BCUT2D eigenvalue weighted by molar-refractivity contribution is 6.33. The lowest BCUT2D eigenvalue weighted by Crippen LogP contribution is -2.07. The largest absolute Gasteiger partial charge is 0.508 e. The third-order valence-corrected chi connectivity index (χ3v) is 4.85. The lowest BCUT2D eigenvalue weighted by molar-refractivity contribution is 0.475. The van der Waals surface area contributed by atoms with Crippen LogP contribution in [0.2, 0.25) is 5.02 Å². The molecular formula is C19H15Cl2N5O. The van der Waals surface area contributed by atoms with Crippen molar-refractivity contribution in [3.8, 4) is 5.75 Å². The van der Waals surface area contributed by atoms with Crippen LogP contribution in [-0.2, 0) is 6.54 Å². The van der Waals surface area contributed by atoms with E-state index in [2.05, 4.69) is 20.4 Å². The zero-order valence-electron chi connectivity index (χ0n) is 14.0. The van der Waals surface area contributed by atoms with Crippen molar-refractivity contribution >= 4 is 45.7 Å². The standard InChI is InChI=1S/C19H15Cl2N5O/c20-15-7-6-13(27)8-17(15)25-18-14-9-24-26(19(14)23-11-22-18)10-16(21)12-4-2-1-3-5-12/h1-9,11,16,27H,10H2,(H,22,23,25). The zero-order valence-corrected chi connectivity index (χ0v) is 15.6. The molecule has 136 valence electrons. The van der Waals surface area contributed by atoms with Gasteiger partial charge in [-0.1, -0.05) is 41.9 Å². The third-order valence-electron chi connectivity index (χ3n) is 4.13. The number of rotatable bonds is 5. The molecule has 0 amide bonds. The molecule has 0 radical (unpaired) electrons. The highest BCUT2D eigenvalue weighted by atomic mass is 35.5. The van der Waals surface area contributed by atoms with Crippen molar-refractivity contribution in [2.24, 2.45) is 0 Å². The van der Waals surface area contributed by atoms with Crippen LogP contribution in [0.4, 0.5) is 11.5 Å². The van der Waals surface area contributed by atoms with E-state index in [1.165, 1.54) is 18.5 Å². The van der Waals surface area contributed by atoms with Gasteiger partial charge >= 0.3 is 0 Å². The van der Waals surface area contributed by atoms with E-state index < -0.39 is 0 Å². The molecule has 2 heterocycles. The normalized spacial score (nSPS) is 12.2. The maximum atomic E-state index is 9.68. The number of alkyl halides is 1. The first-order valence-electron chi connectivity index (χ1n) is 8.23. The molecule has 27 heavy (non-hydrogen) atoms. The topological polar surface area (TPSA) is 75.9 Å². The maximum Gasteiger partial charge on any atom is 0.163 e. The summed E-state index contributed by atoms with van der Waals surface area (Å²) in [4.78, 5) is 8.61.